The number of benzene rings is 1. The molecular weight excluding hydrogens is 262 g/mol. The zero-order chi connectivity index (χ0) is 14.7. The van der Waals surface area contributed by atoms with Gasteiger partial charge in [-0.15, -0.1) is 0 Å². The Morgan fingerprint density at radius 2 is 1.76 bits per heavy atom. The van der Waals surface area contributed by atoms with E-state index in [0.717, 1.165) is 12.8 Å². The van der Waals surface area contributed by atoms with Crippen LogP contribution < -0.4 is 0 Å². The van der Waals surface area contributed by atoms with Gasteiger partial charge in [0, 0.05) is 19.3 Å². The van der Waals surface area contributed by atoms with Crippen molar-refractivity contribution < 1.29 is 4.79 Å². The highest BCUT2D eigenvalue weighted by Crippen LogP contribution is 2.16. The van der Waals surface area contributed by atoms with Gasteiger partial charge in [0.1, 0.15) is 11.8 Å². The quantitative estimate of drug-likeness (QED) is 0.803. The SMILES string of the molecule is N#Cc1ccc(C(=O)N2CCc3ccccc3CC2)nc1. The van der Waals surface area contributed by atoms with E-state index >= 15 is 0 Å². The molecule has 0 fully saturated rings. The lowest BCUT2D eigenvalue weighted by Gasteiger charge is -2.19. The number of aromatic nitrogens is 1. The average molecular weight is 277 g/mol. The highest BCUT2D eigenvalue weighted by molar-refractivity contribution is 5.92. The first-order valence-corrected chi connectivity index (χ1v) is 7.00. The Morgan fingerprint density at radius 3 is 2.29 bits per heavy atom. The molecule has 0 saturated carbocycles. The van der Waals surface area contributed by atoms with Crippen molar-refractivity contribution in [3.63, 3.8) is 0 Å². The van der Waals surface area contributed by atoms with Gasteiger partial charge >= 0.3 is 0 Å². The van der Waals surface area contributed by atoms with Crippen LogP contribution >= 0.6 is 0 Å². The highest BCUT2D eigenvalue weighted by Gasteiger charge is 2.20. The summed E-state index contributed by atoms with van der Waals surface area (Å²) < 4.78 is 0. The molecule has 0 saturated heterocycles. The van der Waals surface area contributed by atoms with Crippen LogP contribution in [-0.4, -0.2) is 28.9 Å². The standard InChI is InChI=1S/C17H15N3O/c18-11-13-5-6-16(19-12-13)17(21)20-9-7-14-3-1-2-4-15(14)8-10-20/h1-6,12H,7-10H2. The molecule has 4 heteroatoms. The molecule has 1 aliphatic rings. The van der Waals surface area contributed by atoms with Crippen molar-refractivity contribution in [2.45, 2.75) is 12.8 Å². The zero-order valence-corrected chi connectivity index (χ0v) is 11.6. The molecular formula is C17H15N3O. The predicted molar refractivity (Wildman–Crippen MR) is 78.7 cm³/mol. The van der Waals surface area contributed by atoms with E-state index in [9.17, 15) is 4.79 Å². The summed E-state index contributed by atoms with van der Waals surface area (Å²) >= 11 is 0. The Bertz CT molecular complexity index is 674. The summed E-state index contributed by atoms with van der Waals surface area (Å²) in [6.07, 6.45) is 3.19. The number of carbonyl (C=O) groups excluding carboxylic acids is 1. The fourth-order valence-electron chi connectivity index (χ4n) is 2.62. The molecule has 2 aromatic rings. The van der Waals surface area contributed by atoms with E-state index in [2.05, 4.69) is 17.1 Å². The summed E-state index contributed by atoms with van der Waals surface area (Å²) in [4.78, 5) is 18.4. The number of nitriles is 1. The van der Waals surface area contributed by atoms with Gasteiger partial charge in [0.25, 0.3) is 5.91 Å². The summed E-state index contributed by atoms with van der Waals surface area (Å²) in [5.41, 5.74) is 3.51. The van der Waals surface area contributed by atoms with Gasteiger partial charge in [-0.3, -0.25) is 4.79 Å². The van der Waals surface area contributed by atoms with Gasteiger partial charge in [-0.05, 0) is 36.1 Å². The van der Waals surface area contributed by atoms with Gasteiger partial charge in [0.05, 0.1) is 5.56 Å². The van der Waals surface area contributed by atoms with Crippen molar-refractivity contribution in [3.05, 3.63) is 65.0 Å². The number of fused-ring (bicyclic) bond motifs is 1. The van der Waals surface area contributed by atoms with Gasteiger partial charge < -0.3 is 4.90 Å². The van der Waals surface area contributed by atoms with Gasteiger partial charge in [-0.25, -0.2) is 4.98 Å². The largest absolute Gasteiger partial charge is 0.337 e. The molecule has 0 spiro atoms. The minimum absolute atomic E-state index is 0.0627. The van der Waals surface area contributed by atoms with E-state index < -0.39 is 0 Å². The molecule has 1 aromatic heterocycles. The molecule has 4 nitrogen and oxygen atoms in total. The fourth-order valence-corrected chi connectivity index (χ4v) is 2.62. The van der Waals surface area contributed by atoms with E-state index in [-0.39, 0.29) is 5.91 Å². The zero-order valence-electron chi connectivity index (χ0n) is 11.6. The molecule has 21 heavy (non-hydrogen) atoms. The molecule has 0 aliphatic carbocycles. The van der Waals surface area contributed by atoms with Crippen LogP contribution in [0.15, 0.2) is 42.6 Å². The number of nitrogens with zero attached hydrogens (tertiary/aromatic N) is 3. The second-order valence-corrected chi connectivity index (χ2v) is 5.10. The fraction of sp³-hybridized carbons (Fsp3) is 0.235. The molecule has 0 N–H and O–H groups in total. The molecule has 0 unspecified atom stereocenters. The summed E-state index contributed by atoms with van der Waals surface area (Å²) in [7, 11) is 0. The number of pyridine rings is 1. The minimum atomic E-state index is -0.0627. The highest BCUT2D eigenvalue weighted by atomic mass is 16.2. The van der Waals surface area contributed by atoms with E-state index in [1.54, 1.807) is 12.1 Å². The Balaban J connectivity index is 1.76. The number of hydrogen-bond donors (Lipinski definition) is 0. The van der Waals surface area contributed by atoms with E-state index in [1.807, 2.05) is 23.1 Å². The van der Waals surface area contributed by atoms with Crippen molar-refractivity contribution in [3.8, 4) is 6.07 Å². The first-order valence-electron chi connectivity index (χ1n) is 7.00. The maximum atomic E-state index is 12.5. The van der Waals surface area contributed by atoms with Crippen LogP contribution in [-0.2, 0) is 12.8 Å². The van der Waals surface area contributed by atoms with Crippen LogP contribution in [0.5, 0.6) is 0 Å². The Morgan fingerprint density at radius 1 is 1.10 bits per heavy atom. The van der Waals surface area contributed by atoms with Crippen LogP contribution in [0.2, 0.25) is 0 Å². The molecule has 1 aliphatic heterocycles. The molecule has 1 aromatic carbocycles. The second-order valence-electron chi connectivity index (χ2n) is 5.10. The van der Waals surface area contributed by atoms with E-state index in [1.165, 1.54) is 17.3 Å². The molecule has 0 radical (unpaired) electrons. The van der Waals surface area contributed by atoms with Gasteiger partial charge in [-0.2, -0.15) is 5.26 Å². The van der Waals surface area contributed by atoms with Crippen molar-refractivity contribution >= 4 is 5.91 Å². The molecule has 0 atom stereocenters. The Hall–Kier alpha value is -2.67. The molecule has 104 valence electrons. The second kappa shape index (κ2) is 5.76. The number of rotatable bonds is 1. The van der Waals surface area contributed by atoms with Gasteiger partial charge in [-0.1, -0.05) is 24.3 Å². The van der Waals surface area contributed by atoms with Crippen LogP contribution in [0.3, 0.4) is 0 Å². The van der Waals surface area contributed by atoms with Crippen molar-refractivity contribution in [1.29, 1.82) is 5.26 Å². The molecule has 0 bridgehead atoms. The number of amides is 1. The topological polar surface area (TPSA) is 57.0 Å². The van der Waals surface area contributed by atoms with Crippen molar-refractivity contribution in [2.24, 2.45) is 0 Å². The van der Waals surface area contributed by atoms with Crippen LogP contribution in [0.1, 0.15) is 27.2 Å². The first kappa shape index (κ1) is 13.3. The van der Waals surface area contributed by atoms with Gasteiger partial charge in [0.2, 0.25) is 0 Å². The summed E-state index contributed by atoms with van der Waals surface area (Å²) in [6.45, 7) is 1.41. The minimum Gasteiger partial charge on any atom is -0.337 e. The van der Waals surface area contributed by atoms with E-state index in [0.29, 0.717) is 24.3 Å². The first-order chi connectivity index (χ1) is 10.3. The third-order valence-corrected chi connectivity index (χ3v) is 3.82. The molecule has 1 amide bonds. The maximum absolute atomic E-state index is 12.5. The molecule has 2 heterocycles. The maximum Gasteiger partial charge on any atom is 0.272 e. The molecule has 3 rings (SSSR count). The van der Waals surface area contributed by atoms with Crippen LogP contribution in [0.4, 0.5) is 0 Å². The van der Waals surface area contributed by atoms with E-state index in [4.69, 9.17) is 5.26 Å². The Labute approximate surface area is 123 Å². The normalized spacial score (nSPS) is 14.0. The lowest BCUT2D eigenvalue weighted by atomic mass is 10.0. The summed E-state index contributed by atoms with van der Waals surface area (Å²) in [5, 5.41) is 8.77. The van der Waals surface area contributed by atoms with Crippen molar-refractivity contribution in [1.82, 2.24) is 9.88 Å². The average Bonchev–Trinajstić information content (AvgIpc) is 2.77. The smallest absolute Gasteiger partial charge is 0.272 e. The summed E-state index contributed by atoms with van der Waals surface area (Å²) in [6, 6.07) is 13.6. The Kier molecular flexibility index (Phi) is 3.65. The van der Waals surface area contributed by atoms with Crippen molar-refractivity contribution in [2.75, 3.05) is 13.1 Å². The third kappa shape index (κ3) is 2.77. The predicted octanol–water partition coefficient (Wildman–Crippen LogP) is 2.19. The lowest BCUT2D eigenvalue weighted by molar-refractivity contribution is 0.0757. The number of hydrogen-bond acceptors (Lipinski definition) is 3. The van der Waals surface area contributed by atoms with Crippen LogP contribution in [0, 0.1) is 11.3 Å². The number of carbonyl (C=O) groups is 1. The third-order valence-electron chi connectivity index (χ3n) is 3.82. The van der Waals surface area contributed by atoms with Gasteiger partial charge in [0.15, 0.2) is 0 Å². The lowest BCUT2D eigenvalue weighted by Crippen LogP contribution is -2.33. The van der Waals surface area contributed by atoms with Crippen LogP contribution in [0.25, 0.3) is 0 Å². The monoisotopic (exact) mass is 277 g/mol. The summed E-state index contributed by atoms with van der Waals surface area (Å²) in [5.74, 6) is -0.0627.